The van der Waals surface area contributed by atoms with Crippen molar-refractivity contribution in [2.45, 2.75) is 38.8 Å². The zero-order valence-corrected chi connectivity index (χ0v) is 10.0. The highest BCUT2D eigenvalue weighted by Crippen LogP contribution is 2.04. The zero-order valence-electron chi connectivity index (χ0n) is 10.0. The van der Waals surface area contributed by atoms with Crippen LogP contribution < -0.4 is 5.32 Å². The predicted molar refractivity (Wildman–Crippen MR) is 65.4 cm³/mol. The molecule has 0 aliphatic rings. The van der Waals surface area contributed by atoms with E-state index in [9.17, 15) is 0 Å². The first-order valence-electron chi connectivity index (χ1n) is 5.80. The van der Waals surface area contributed by atoms with Crippen molar-refractivity contribution >= 4 is 0 Å². The SMILES string of the molecule is CC(CCc1ccccc1)NCC(C)OO. The molecule has 0 spiro atoms. The summed E-state index contributed by atoms with van der Waals surface area (Å²) < 4.78 is 0. The molecule has 0 bridgehead atoms. The molecule has 1 aromatic rings. The van der Waals surface area contributed by atoms with E-state index in [-0.39, 0.29) is 6.10 Å². The molecule has 3 heteroatoms. The molecule has 0 aromatic heterocycles. The summed E-state index contributed by atoms with van der Waals surface area (Å²) in [5, 5.41) is 11.7. The highest BCUT2D eigenvalue weighted by molar-refractivity contribution is 5.14. The Labute approximate surface area is 97.4 Å². The van der Waals surface area contributed by atoms with Gasteiger partial charge >= 0.3 is 0 Å². The van der Waals surface area contributed by atoms with Gasteiger partial charge in [0, 0.05) is 12.6 Å². The number of hydrogen-bond acceptors (Lipinski definition) is 3. The van der Waals surface area contributed by atoms with E-state index in [2.05, 4.69) is 41.4 Å². The van der Waals surface area contributed by atoms with Gasteiger partial charge in [-0.15, -0.1) is 0 Å². The summed E-state index contributed by atoms with van der Waals surface area (Å²) in [6.45, 7) is 4.65. The lowest BCUT2D eigenvalue weighted by Gasteiger charge is -2.15. The normalized spacial score (nSPS) is 14.7. The second kappa shape index (κ2) is 7.39. The second-order valence-electron chi connectivity index (χ2n) is 4.25. The summed E-state index contributed by atoms with van der Waals surface area (Å²) >= 11 is 0. The van der Waals surface area contributed by atoms with Crippen LogP contribution in [0.25, 0.3) is 0 Å². The fraction of sp³-hybridized carbons (Fsp3) is 0.538. The number of aryl methyl sites for hydroxylation is 1. The highest BCUT2D eigenvalue weighted by Gasteiger charge is 2.05. The Kier molecular flexibility index (Phi) is 6.08. The van der Waals surface area contributed by atoms with E-state index in [0.717, 1.165) is 12.8 Å². The third-order valence-electron chi connectivity index (χ3n) is 2.64. The molecule has 90 valence electrons. The van der Waals surface area contributed by atoms with Gasteiger partial charge in [0.15, 0.2) is 0 Å². The zero-order chi connectivity index (χ0) is 11.8. The first-order valence-corrected chi connectivity index (χ1v) is 5.80. The predicted octanol–water partition coefficient (Wildman–Crippen LogP) is 2.48. The van der Waals surface area contributed by atoms with Crippen molar-refractivity contribution in [1.29, 1.82) is 0 Å². The van der Waals surface area contributed by atoms with E-state index < -0.39 is 0 Å². The average molecular weight is 223 g/mol. The monoisotopic (exact) mass is 223 g/mol. The number of rotatable bonds is 7. The summed E-state index contributed by atoms with van der Waals surface area (Å²) in [6.07, 6.45) is 2.00. The van der Waals surface area contributed by atoms with Crippen molar-refractivity contribution in [2.75, 3.05) is 6.54 Å². The van der Waals surface area contributed by atoms with Gasteiger partial charge in [-0.2, -0.15) is 0 Å². The molecular weight excluding hydrogens is 202 g/mol. The number of nitrogens with one attached hydrogen (secondary N) is 1. The van der Waals surface area contributed by atoms with Crippen LogP contribution in [0.5, 0.6) is 0 Å². The summed E-state index contributed by atoms with van der Waals surface area (Å²) in [7, 11) is 0. The molecule has 0 amide bonds. The lowest BCUT2D eigenvalue weighted by molar-refractivity contribution is -0.272. The van der Waals surface area contributed by atoms with Gasteiger partial charge in [-0.25, -0.2) is 4.89 Å². The van der Waals surface area contributed by atoms with Gasteiger partial charge in [0.1, 0.15) is 6.10 Å². The molecule has 2 unspecified atom stereocenters. The van der Waals surface area contributed by atoms with Crippen LogP contribution >= 0.6 is 0 Å². The van der Waals surface area contributed by atoms with E-state index in [1.165, 1.54) is 5.56 Å². The van der Waals surface area contributed by atoms with Gasteiger partial charge in [0.05, 0.1) is 0 Å². The van der Waals surface area contributed by atoms with Crippen LogP contribution in [0.1, 0.15) is 25.8 Å². The Morgan fingerprint density at radius 2 is 1.94 bits per heavy atom. The molecule has 0 aliphatic heterocycles. The van der Waals surface area contributed by atoms with Gasteiger partial charge in [-0.05, 0) is 32.3 Å². The van der Waals surface area contributed by atoms with Crippen LogP contribution in [0.15, 0.2) is 30.3 Å². The van der Waals surface area contributed by atoms with Gasteiger partial charge in [-0.1, -0.05) is 30.3 Å². The Morgan fingerprint density at radius 1 is 1.25 bits per heavy atom. The minimum Gasteiger partial charge on any atom is -0.312 e. The first kappa shape index (κ1) is 13.2. The first-order chi connectivity index (χ1) is 7.72. The lowest BCUT2D eigenvalue weighted by Crippen LogP contribution is -2.33. The molecule has 16 heavy (non-hydrogen) atoms. The third kappa shape index (κ3) is 5.26. The van der Waals surface area contributed by atoms with Crippen LogP contribution in [0, 0.1) is 0 Å². The van der Waals surface area contributed by atoms with Crippen molar-refractivity contribution in [3.8, 4) is 0 Å². The van der Waals surface area contributed by atoms with Crippen molar-refractivity contribution in [3.05, 3.63) is 35.9 Å². The molecule has 1 rings (SSSR count). The molecule has 0 fully saturated rings. The minimum atomic E-state index is -0.154. The molecule has 2 N–H and O–H groups in total. The molecular formula is C13H21NO2. The third-order valence-corrected chi connectivity index (χ3v) is 2.64. The van der Waals surface area contributed by atoms with Crippen LogP contribution in [-0.2, 0) is 11.3 Å². The van der Waals surface area contributed by atoms with Crippen molar-refractivity contribution < 1.29 is 10.1 Å². The van der Waals surface area contributed by atoms with Crippen LogP contribution in [0.2, 0.25) is 0 Å². The van der Waals surface area contributed by atoms with Crippen LogP contribution in [0.3, 0.4) is 0 Å². The summed E-state index contributed by atoms with van der Waals surface area (Å²) in [5.41, 5.74) is 1.36. The molecule has 0 aliphatic carbocycles. The number of benzene rings is 1. The van der Waals surface area contributed by atoms with Gasteiger partial charge in [0.25, 0.3) is 0 Å². The fourth-order valence-corrected chi connectivity index (χ4v) is 1.53. The molecule has 2 atom stereocenters. The molecule has 0 radical (unpaired) electrons. The van der Waals surface area contributed by atoms with E-state index >= 15 is 0 Å². The lowest BCUT2D eigenvalue weighted by atomic mass is 10.1. The van der Waals surface area contributed by atoms with Gasteiger partial charge in [-0.3, -0.25) is 5.26 Å². The Hall–Kier alpha value is -0.900. The van der Waals surface area contributed by atoms with Crippen LogP contribution in [0.4, 0.5) is 0 Å². The quantitative estimate of drug-likeness (QED) is 0.551. The molecule has 1 aromatic carbocycles. The number of hydrogen-bond donors (Lipinski definition) is 2. The maximum atomic E-state index is 8.42. The summed E-state index contributed by atoms with van der Waals surface area (Å²) in [6, 6.07) is 10.9. The highest BCUT2D eigenvalue weighted by atomic mass is 17.1. The largest absolute Gasteiger partial charge is 0.312 e. The van der Waals surface area contributed by atoms with E-state index in [0.29, 0.717) is 12.6 Å². The van der Waals surface area contributed by atoms with Gasteiger partial charge in [0.2, 0.25) is 0 Å². The summed E-state index contributed by atoms with van der Waals surface area (Å²) in [4.78, 5) is 4.20. The standard InChI is InChI=1S/C13H21NO2/c1-11(14-10-12(2)16-15)8-9-13-6-4-3-5-7-13/h3-7,11-12,14-15H,8-10H2,1-2H3. The molecule has 3 nitrogen and oxygen atoms in total. The van der Waals surface area contributed by atoms with Crippen LogP contribution in [-0.4, -0.2) is 23.9 Å². The van der Waals surface area contributed by atoms with E-state index in [4.69, 9.17) is 5.26 Å². The van der Waals surface area contributed by atoms with Gasteiger partial charge < -0.3 is 5.32 Å². The molecule has 0 saturated carbocycles. The Balaban J connectivity index is 2.18. The fourth-order valence-electron chi connectivity index (χ4n) is 1.53. The van der Waals surface area contributed by atoms with Crippen molar-refractivity contribution in [2.24, 2.45) is 0 Å². The van der Waals surface area contributed by atoms with E-state index in [1.807, 2.05) is 13.0 Å². The smallest absolute Gasteiger partial charge is 0.102 e. The Morgan fingerprint density at radius 3 is 2.56 bits per heavy atom. The average Bonchev–Trinajstić information content (AvgIpc) is 2.34. The topological polar surface area (TPSA) is 41.5 Å². The summed E-state index contributed by atoms with van der Waals surface area (Å²) in [5.74, 6) is 0. The van der Waals surface area contributed by atoms with E-state index in [1.54, 1.807) is 0 Å². The molecule has 0 saturated heterocycles. The van der Waals surface area contributed by atoms with Crippen molar-refractivity contribution in [1.82, 2.24) is 5.32 Å². The Bertz CT molecular complexity index is 277. The maximum absolute atomic E-state index is 8.42. The minimum absolute atomic E-state index is 0.154. The second-order valence-corrected chi connectivity index (χ2v) is 4.25. The maximum Gasteiger partial charge on any atom is 0.102 e. The molecule has 0 heterocycles. The van der Waals surface area contributed by atoms with Crippen molar-refractivity contribution in [3.63, 3.8) is 0 Å².